The normalized spacial score (nSPS) is 20.9. The standard InChI is InChI=1S/C11H15N5/c1-15-9-3-2-4-10(11(9)13-14-15)16-6-5-8(12)7-16/h2-4,8H,5-7,12H2,1H3. The van der Waals surface area contributed by atoms with E-state index in [0.29, 0.717) is 0 Å². The molecule has 1 atom stereocenters. The van der Waals surface area contributed by atoms with E-state index in [-0.39, 0.29) is 6.04 Å². The maximum absolute atomic E-state index is 5.93. The van der Waals surface area contributed by atoms with Crippen molar-refractivity contribution in [2.75, 3.05) is 18.0 Å². The third kappa shape index (κ3) is 1.36. The molecule has 0 amide bonds. The van der Waals surface area contributed by atoms with Crippen LogP contribution in [0.2, 0.25) is 0 Å². The predicted octanol–water partition coefficient (Wildman–Crippen LogP) is 0.506. The summed E-state index contributed by atoms with van der Waals surface area (Å²) in [5.41, 5.74) is 9.12. The van der Waals surface area contributed by atoms with Gasteiger partial charge in [0.2, 0.25) is 0 Å². The van der Waals surface area contributed by atoms with E-state index in [4.69, 9.17) is 5.73 Å². The van der Waals surface area contributed by atoms with Crippen LogP contribution in [-0.2, 0) is 7.05 Å². The lowest BCUT2D eigenvalue weighted by atomic mass is 10.2. The van der Waals surface area contributed by atoms with Crippen molar-refractivity contribution in [3.05, 3.63) is 18.2 Å². The number of aromatic nitrogens is 3. The monoisotopic (exact) mass is 217 g/mol. The minimum atomic E-state index is 0.284. The summed E-state index contributed by atoms with van der Waals surface area (Å²) in [6.07, 6.45) is 1.05. The molecule has 2 heterocycles. The number of anilines is 1. The Morgan fingerprint density at radius 1 is 1.44 bits per heavy atom. The molecule has 0 aliphatic carbocycles. The largest absolute Gasteiger partial charge is 0.368 e. The van der Waals surface area contributed by atoms with Crippen LogP contribution in [0.25, 0.3) is 11.0 Å². The Morgan fingerprint density at radius 2 is 2.31 bits per heavy atom. The summed E-state index contributed by atoms with van der Waals surface area (Å²) in [5.74, 6) is 0. The van der Waals surface area contributed by atoms with Crippen LogP contribution < -0.4 is 10.6 Å². The third-order valence-corrected chi connectivity index (χ3v) is 3.19. The molecule has 2 aromatic rings. The molecule has 5 heteroatoms. The van der Waals surface area contributed by atoms with E-state index in [2.05, 4.69) is 21.3 Å². The molecule has 0 radical (unpaired) electrons. The molecule has 0 saturated carbocycles. The van der Waals surface area contributed by atoms with Gasteiger partial charge >= 0.3 is 0 Å². The molecule has 1 unspecified atom stereocenters. The minimum absolute atomic E-state index is 0.284. The van der Waals surface area contributed by atoms with Crippen LogP contribution in [0.4, 0.5) is 5.69 Å². The molecule has 1 aromatic carbocycles. The number of aryl methyl sites for hydroxylation is 1. The second-order valence-electron chi connectivity index (χ2n) is 4.35. The smallest absolute Gasteiger partial charge is 0.136 e. The number of hydrogen-bond acceptors (Lipinski definition) is 4. The summed E-state index contributed by atoms with van der Waals surface area (Å²) in [6, 6.07) is 6.46. The van der Waals surface area contributed by atoms with Crippen molar-refractivity contribution in [3.63, 3.8) is 0 Å². The molecule has 1 aromatic heterocycles. The summed E-state index contributed by atoms with van der Waals surface area (Å²) in [5, 5.41) is 8.27. The highest BCUT2D eigenvalue weighted by molar-refractivity contribution is 5.88. The van der Waals surface area contributed by atoms with Gasteiger partial charge in [-0.15, -0.1) is 5.10 Å². The van der Waals surface area contributed by atoms with Crippen LogP contribution in [0.1, 0.15) is 6.42 Å². The summed E-state index contributed by atoms with van der Waals surface area (Å²) >= 11 is 0. The topological polar surface area (TPSA) is 60.0 Å². The zero-order chi connectivity index (χ0) is 11.1. The van der Waals surface area contributed by atoms with Crippen molar-refractivity contribution in [1.29, 1.82) is 0 Å². The van der Waals surface area contributed by atoms with Gasteiger partial charge in [0.15, 0.2) is 0 Å². The fourth-order valence-corrected chi connectivity index (χ4v) is 2.30. The first-order valence-corrected chi connectivity index (χ1v) is 5.54. The fraction of sp³-hybridized carbons (Fsp3) is 0.455. The van der Waals surface area contributed by atoms with Crippen LogP contribution >= 0.6 is 0 Å². The SMILES string of the molecule is Cn1nnc2c(N3CCC(N)C3)cccc21. The number of rotatable bonds is 1. The Kier molecular flexibility index (Phi) is 2.07. The Morgan fingerprint density at radius 3 is 3.06 bits per heavy atom. The molecule has 16 heavy (non-hydrogen) atoms. The van der Waals surface area contributed by atoms with Crippen LogP contribution in [0, 0.1) is 0 Å². The number of hydrogen-bond donors (Lipinski definition) is 1. The molecule has 1 fully saturated rings. The molecule has 1 aliphatic heterocycles. The Balaban J connectivity index is 2.09. The Labute approximate surface area is 93.8 Å². The molecule has 5 nitrogen and oxygen atoms in total. The van der Waals surface area contributed by atoms with E-state index < -0.39 is 0 Å². The lowest BCUT2D eigenvalue weighted by molar-refractivity contribution is 0.736. The third-order valence-electron chi connectivity index (χ3n) is 3.19. The van der Waals surface area contributed by atoms with Crippen molar-refractivity contribution in [2.45, 2.75) is 12.5 Å². The molecule has 1 saturated heterocycles. The van der Waals surface area contributed by atoms with E-state index in [1.165, 1.54) is 0 Å². The second kappa shape index (κ2) is 3.45. The molecule has 1 aliphatic rings. The zero-order valence-electron chi connectivity index (χ0n) is 9.30. The van der Waals surface area contributed by atoms with Crippen molar-refractivity contribution in [3.8, 4) is 0 Å². The maximum Gasteiger partial charge on any atom is 0.136 e. The summed E-state index contributed by atoms with van der Waals surface area (Å²) < 4.78 is 1.80. The number of fused-ring (bicyclic) bond motifs is 1. The fourth-order valence-electron chi connectivity index (χ4n) is 2.30. The average Bonchev–Trinajstić information content (AvgIpc) is 2.86. The predicted molar refractivity (Wildman–Crippen MR) is 63.3 cm³/mol. The second-order valence-corrected chi connectivity index (χ2v) is 4.35. The number of nitrogens with zero attached hydrogens (tertiary/aromatic N) is 4. The zero-order valence-corrected chi connectivity index (χ0v) is 9.30. The van der Waals surface area contributed by atoms with Gasteiger partial charge in [-0.1, -0.05) is 11.3 Å². The molecular weight excluding hydrogens is 202 g/mol. The number of benzene rings is 1. The van der Waals surface area contributed by atoms with Gasteiger partial charge in [-0.25, -0.2) is 4.68 Å². The molecule has 0 bridgehead atoms. The van der Waals surface area contributed by atoms with Crippen molar-refractivity contribution in [2.24, 2.45) is 12.8 Å². The van der Waals surface area contributed by atoms with Crippen LogP contribution in [-0.4, -0.2) is 34.1 Å². The van der Waals surface area contributed by atoms with E-state index in [9.17, 15) is 0 Å². The Hall–Kier alpha value is -1.62. The van der Waals surface area contributed by atoms with Crippen LogP contribution in [0.15, 0.2) is 18.2 Å². The van der Waals surface area contributed by atoms with Crippen molar-refractivity contribution in [1.82, 2.24) is 15.0 Å². The summed E-state index contributed by atoms with van der Waals surface area (Å²) in [4.78, 5) is 2.29. The van der Waals surface area contributed by atoms with Gasteiger partial charge in [-0.2, -0.15) is 0 Å². The Bertz CT molecular complexity index is 518. The highest BCUT2D eigenvalue weighted by Crippen LogP contribution is 2.26. The highest BCUT2D eigenvalue weighted by Gasteiger charge is 2.21. The van der Waals surface area contributed by atoms with Crippen LogP contribution in [0.3, 0.4) is 0 Å². The first-order chi connectivity index (χ1) is 7.75. The van der Waals surface area contributed by atoms with Crippen molar-refractivity contribution < 1.29 is 0 Å². The summed E-state index contributed by atoms with van der Waals surface area (Å²) in [6.45, 7) is 1.92. The molecule has 0 spiro atoms. The van der Waals surface area contributed by atoms with E-state index in [0.717, 1.165) is 36.2 Å². The minimum Gasteiger partial charge on any atom is -0.368 e. The molecule has 2 N–H and O–H groups in total. The van der Waals surface area contributed by atoms with E-state index in [1.807, 2.05) is 19.2 Å². The van der Waals surface area contributed by atoms with Crippen molar-refractivity contribution >= 4 is 16.7 Å². The summed E-state index contributed by atoms with van der Waals surface area (Å²) in [7, 11) is 1.91. The lowest BCUT2D eigenvalue weighted by Gasteiger charge is -2.17. The van der Waals surface area contributed by atoms with Gasteiger partial charge in [-0.05, 0) is 18.6 Å². The number of nitrogens with two attached hydrogens (primary N) is 1. The maximum atomic E-state index is 5.93. The lowest BCUT2D eigenvalue weighted by Crippen LogP contribution is -2.26. The average molecular weight is 217 g/mol. The van der Waals surface area contributed by atoms with E-state index >= 15 is 0 Å². The molecular formula is C11H15N5. The van der Waals surface area contributed by atoms with Gasteiger partial charge in [0.25, 0.3) is 0 Å². The first kappa shape index (κ1) is 9.59. The quantitative estimate of drug-likeness (QED) is 0.756. The first-order valence-electron chi connectivity index (χ1n) is 5.54. The van der Waals surface area contributed by atoms with E-state index in [1.54, 1.807) is 4.68 Å². The molecule has 84 valence electrons. The van der Waals surface area contributed by atoms with Gasteiger partial charge in [0.1, 0.15) is 5.52 Å². The van der Waals surface area contributed by atoms with Crippen LogP contribution in [0.5, 0.6) is 0 Å². The highest BCUT2D eigenvalue weighted by atomic mass is 15.4. The van der Waals surface area contributed by atoms with Gasteiger partial charge in [0.05, 0.1) is 11.2 Å². The van der Waals surface area contributed by atoms with Gasteiger partial charge < -0.3 is 10.6 Å². The van der Waals surface area contributed by atoms with Gasteiger partial charge in [-0.3, -0.25) is 0 Å². The van der Waals surface area contributed by atoms with Gasteiger partial charge in [0, 0.05) is 26.2 Å². The molecule has 3 rings (SSSR count).